The van der Waals surface area contributed by atoms with Crippen LogP contribution in [0.1, 0.15) is 38.0 Å². The Balaban J connectivity index is 2.23. The van der Waals surface area contributed by atoms with E-state index in [1.165, 1.54) is 11.4 Å². The molecule has 0 amide bonds. The van der Waals surface area contributed by atoms with Crippen molar-refractivity contribution in [3.8, 4) is 0 Å². The van der Waals surface area contributed by atoms with E-state index in [2.05, 4.69) is 35.6 Å². The highest BCUT2D eigenvalue weighted by Gasteiger charge is 2.24. The summed E-state index contributed by atoms with van der Waals surface area (Å²) in [7, 11) is 0. The molecule has 0 spiro atoms. The largest absolute Gasteiger partial charge is 0.374 e. The van der Waals surface area contributed by atoms with Gasteiger partial charge < -0.3 is 14.6 Å². The summed E-state index contributed by atoms with van der Waals surface area (Å²) >= 11 is 0. The fraction of sp³-hybridized carbons (Fsp3) is 0.769. The van der Waals surface area contributed by atoms with Crippen molar-refractivity contribution in [3.05, 3.63) is 17.2 Å². The van der Waals surface area contributed by atoms with Gasteiger partial charge in [-0.25, -0.2) is 4.98 Å². The number of imidazole rings is 1. The first-order valence-corrected chi connectivity index (χ1v) is 6.43. The molecule has 17 heavy (non-hydrogen) atoms. The molecule has 2 heterocycles. The second-order valence-electron chi connectivity index (χ2n) is 5.26. The van der Waals surface area contributed by atoms with E-state index < -0.39 is 0 Å². The molecular weight excluding hydrogens is 214 g/mol. The molecule has 96 valence electrons. The number of nitrogens with zero attached hydrogens (tertiary/aromatic N) is 2. The Kier molecular flexibility index (Phi) is 3.54. The second-order valence-corrected chi connectivity index (χ2v) is 5.26. The number of hydrogen-bond donors (Lipinski definition) is 1. The molecule has 0 fully saturated rings. The third kappa shape index (κ3) is 2.69. The Hall–Kier alpha value is -0.870. The van der Waals surface area contributed by atoms with E-state index in [9.17, 15) is 0 Å². The summed E-state index contributed by atoms with van der Waals surface area (Å²) < 4.78 is 8.11. The maximum atomic E-state index is 5.78. The molecule has 1 aromatic rings. The van der Waals surface area contributed by atoms with Crippen LogP contribution in [0.3, 0.4) is 0 Å². The molecule has 0 saturated heterocycles. The summed E-state index contributed by atoms with van der Waals surface area (Å²) in [6.45, 7) is 12.0. The topological polar surface area (TPSA) is 39.1 Å². The predicted octanol–water partition coefficient (Wildman–Crippen LogP) is 1.65. The van der Waals surface area contributed by atoms with Crippen molar-refractivity contribution in [1.82, 2.24) is 14.9 Å². The number of hydrogen-bond acceptors (Lipinski definition) is 3. The van der Waals surface area contributed by atoms with Gasteiger partial charge in [-0.2, -0.15) is 0 Å². The monoisotopic (exact) mass is 237 g/mol. The molecule has 0 aliphatic carbocycles. The molecule has 0 saturated carbocycles. The maximum Gasteiger partial charge on any atom is 0.106 e. The summed E-state index contributed by atoms with van der Waals surface area (Å²) in [6, 6.07) is 0. The summed E-state index contributed by atoms with van der Waals surface area (Å²) in [6.07, 6.45) is 1.07. The van der Waals surface area contributed by atoms with Crippen LogP contribution in [-0.4, -0.2) is 28.3 Å². The van der Waals surface area contributed by atoms with E-state index in [0.29, 0.717) is 0 Å². The van der Waals surface area contributed by atoms with Crippen LogP contribution in [0.25, 0.3) is 0 Å². The molecule has 0 unspecified atom stereocenters. The third-order valence-electron chi connectivity index (χ3n) is 3.25. The zero-order valence-electron chi connectivity index (χ0n) is 11.3. The summed E-state index contributed by atoms with van der Waals surface area (Å²) in [5.41, 5.74) is 2.47. The molecule has 0 radical (unpaired) electrons. The summed E-state index contributed by atoms with van der Waals surface area (Å²) in [5.74, 6) is 1.10. The van der Waals surface area contributed by atoms with Gasteiger partial charge in [0.05, 0.1) is 17.8 Å². The molecule has 1 aromatic heterocycles. The maximum absolute atomic E-state index is 5.78. The van der Waals surface area contributed by atoms with Gasteiger partial charge in [-0.1, -0.05) is 0 Å². The van der Waals surface area contributed by atoms with Crippen molar-refractivity contribution in [1.29, 1.82) is 0 Å². The Morgan fingerprint density at radius 3 is 2.94 bits per heavy atom. The molecule has 0 atom stereocenters. The minimum atomic E-state index is -0.126. The number of ether oxygens (including phenoxy) is 1. The molecule has 0 aromatic carbocycles. The van der Waals surface area contributed by atoms with Crippen molar-refractivity contribution in [2.24, 2.45) is 0 Å². The molecule has 1 aliphatic heterocycles. The van der Waals surface area contributed by atoms with E-state index in [1.807, 2.05) is 6.92 Å². The van der Waals surface area contributed by atoms with Crippen LogP contribution in [0, 0.1) is 6.92 Å². The second kappa shape index (κ2) is 4.78. The Morgan fingerprint density at radius 2 is 2.24 bits per heavy atom. The van der Waals surface area contributed by atoms with Crippen LogP contribution in [0.15, 0.2) is 0 Å². The van der Waals surface area contributed by atoms with Crippen LogP contribution in [0.5, 0.6) is 0 Å². The number of rotatable bonds is 4. The lowest BCUT2D eigenvalue weighted by Gasteiger charge is -2.27. The van der Waals surface area contributed by atoms with Crippen molar-refractivity contribution < 1.29 is 4.74 Å². The predicted molar refractivity (Wildman–Crippen MR) is 68.1 cm³/mol. The standard InChI is InChI=1S/C13H23N3O/c1-5-17-13(3,4)9-16-10(2)15-11-8-14-7-6-12(11)16/h14H,5-9H2,1-4H3. The van der Waals surface area contributed by atoms with Crippen LogP contribution < -0.4 is 5.32 Å². The fourth-order valence-corrected chi connectivity index (χ4v) is 2.53. The molecule has 1 N–H and O–H groups in total. The van der Waals surface area contributed by atoms with Gasteiger partial charge in [-0.3, -0.25) is 0 Å². The van der Waals surface area contributed by atoms with Gasteiger partial charge in [0.2, 0.25) is 0 Å². The van der Waals surface area contributed by atoms with Gasteiger partial charge in [0.1, 0.15) is 5.82 Å². The van der Waals surface area contributed by atoms with E-state index in [4.69, 9.17) is 4.74 Å². The molecule has 0 bridgehead atoms. The molecule has 1 aliphatic rings. The van der Waals surface area contributed by atoms with Crippen molar-refractivity contribution >= 4 is 0 Å². The highest BCUT2D eigenvalue weighted by Crippen LogP contribution is 2.20. The average molecular weight is 237 g/mol. The molecule has 2 rings (SSSR count). The number of fused-ring (bicyclic) bond motifs is 1. The van der Waals surface area contributed by atoms with Gasteiger partial charge in [0.25, 0.3) is 0 Å². The molecule has 4 heteroatoms. The molecule has 4 nitrogen and oxygen atoms in total. The van der Waals surface area contributed by atoms with Crippen molar-refractivity contribution in [2.45, 2.75) is 52.8 Å². The minimum Gasteiger partial charge on any atom is -0.374 e. The van der Waals surface area contributed by atoms with Gasteiger partial charge in [0.15, 0.2) is 0 Å². The smallest absolute Gasteiger partial charge is 0.106 e. The van der Waals surface area contributed by atoms with Crippen LogP contribution in [0.2, 0.25) is 0 Å². The number of aromatic nitrogens is 2. The molecular formula is C13H23N3O. The first kappa shape index (κ1) is 12.6. The highest BCUT2D eigenvalue weighted by atomic mass is 16.5. The SMILES string of the molecule is CCOC(C)(C)Cn1c(C)nc2c1CCNC2. The number of aryl methyl sites for hydroxylation is 1. The Labute approximate surface area is 103 Å². The lowest BCUT2D eigenvalue weighted by atomic mass is 10.1. The highest BCUT2D eigenvalue weighted by molar-refractivity contribution is 5.20. The fourth-order valence-electron chi connectivity index (χ4n) is 2.53. The van der Waals surface area contributed by atoms with Crippen LogP contribution in [-0.2, 0) is 24.2 Å². The lowest BCUT2D eigenvalue weighted by molar-refractivity contribution is -0.0232. The first-order valence-electron chi connectivity index (χ1n) is 6.43. The van der Waals surface area contributed by atoms with Gasteiger partial charge >= 0.3 is 0 Å². The van der Waals surface area contributed by atoms with E-state index >= 15 is 0 Å². The normalized spacial score (nSPS) is 16.0. The third-order valence-corrected chi connectivity index (χ3v) is 3.25. The quantitative estimate of drug-likeness (QED) is 0.865. The Bertz CT molecular complexity index is 396. The van der Waals surface area contributed by atoms with Crippen LogP contribution >= 0.6 is 0 Å². The summed E-state index contributed by atoms with van der Waals surface area (Å²) in [4.78, 5) is 4.64. The van der Waals surface area contributed by atoms with Crippen molar-refractivity contribution in [3.63, 3.8) is 0 Å². The summed E-state index contributed by atoms with van der Waals surface area (Å²) in [5, 5.41) is 3.36. The average Bonchev–Trinajstić information content (AvgIpc) is 2.55. The zero-order valence-corrected chi connectivity index (χ0v) is 11.3. The first-order chi connectivity index (χ1) is 8.03. The van der Waals surface area contributed by atoms with Crippen LogP contribution in [0.4, 0.5) is 0 Å². The minimum absolute atomic E-state index is 0.126. The zero-order chi connectivity index (χ0) is 12.5. The van der Waals surface area contributed by atoms with Gasteiger partial charge in [0, 0.05) is 31.8 Å². The lowest BCUT2D eigenvalue weighted by Crippen LogP contribution is -2.33. The van der Waals surface area contributed by atoms with Crippen molar-refractivity contribution in [2.75, 3.05) is 13.2 Å². The number of nitrogens with one attached hydrogen (secondary N) is 1. The Morgan fingerprint density at radius 1 is 1.47 bits per heavy atom. The van der Waals surface area contributed by atoms with E-state index in [-0.39, 0.29) is 5.60 Å². The van der Waals surface area contributed by atoms with Gasteiger partial charge in [-0.05, 0) is 27.7 Å². The van der Waals surface area contributed by atoms with Gasteiger partial charge in [-0.15, -0.1) is 0 Å². The van der Waals surface area contributed by atoms with E-state index in [1.54, 1.807) is 0 Å². The van der Waals surface area contributed by atoms with E-state index in [0.717, 1.165) is 38.5 Å².